The number of aldehydes is 1. The number of piperidine rings is 1. The average Bonchev–Trinajstić information content (AvgIpc) is 2.62. The fourth-order valence-electron chi connectivity index (χ4n) is 3.13. The molecule has 2 aromatic carbocycles. The third-order valence-electron chi connectivity index (χ3n) is 4.43. The summed E-state index contributed by atoms with van der Waals surface area (Å²) in [5, 5.41) is 3.23. The molecule has 2 nitrogen and oxygen atoms in total. The largest absolute Gasteiger partial charge is 0.416 e. The molecule has 132 valence electrons. The second-order valence-electron chi connectivity index (χ2n) is 6.06. The van der Waals surface area contributed by atoms with Gasteiger partial charge in [0.1, 0.15) is 6.29 Å². The topological polar surface area (TPSA) is 29.1 Å². The summed E-state index contributed by atoms with van der Waals surface area (Å²) in [6, 6.07) is 13.0. The Bertz CT molecular complexity index is 730. The Morgan fingerprint density at radius 1 is 1.08 bits per heavy atom. The van der Waals surface area contributed by atoms with Gasteiger partial charge in [-0.15, -0.1) is 0 Å². The first-order valence-electron chi connectivity index (χ1n) is 8.09. The summed E-state index contributed by atoms with van der Waals surface area (Å²) in [4.78, 5) is 13.1. The number of hydrogen-bond donors (Lipinski definition) is 1. The van der Waals surface area contributed by atoms with Crippen molar-refractivity contribution in [2.75, 3.05) is 13.1 Å². The van der Waals surface area contributed by atoms with Gasteiger partial charge in [0.15, 0.2) is 0 Å². The minimum atomic E-state index is -4.33. The van der Waals surface area contributed by atoms with Crippen LogP contribution in [0.15, 0.2) is 58.3 Å². The van der Waals surface area contributed by atoms with Crippen molar-refractivity contribution >= 4 is 18.0 Å². The normalized spacial score (nSPS) is 21.1. The minimum absolute atomic E-state index is 0.0805. The maximum atomic E-state index is 12.7. The number of hydrogen-bond acceptors (Lipinski definition) is 3. The van der Waals surface area contributed by atoms with Gasteiger partial charge in [-0.05, 0) is 54.8 Å². The molecule has 2 aromatic rings. The molecule has 3 rings (SSSR count). The van der Waals surface area contributed by atoms with Gasteiger partial charge in [0.25, 0.3) is 0 Å². The van der Waals surface area contributed by atoms with E-state index < -0.39 is 11.7 Å². The van der Waals surface area contributed by atoms with E-state index >= 15 is 0 Å². The number of rotatable bonds is 4. The summed E-state index contributed by atoms with van der Waals surface area (Å²) in [6.07, 6.45) is -2.46. The number of halogens is 3. The first kappa shape index (κ1) is 18.0. The Balaban J connectivity index is 1.85. The molecule has 0 spiro atoms. The maximum absolute atomic E-state index is 12.7. The van der Waals surface area contributed by atoms with E-state index in [0.717, 1.165) is 46.7 Å². The molecular weight excluding hydrogens is 347 g/mol. The molecule has 6 heteroatoms. The standard InChI is InChI=1S/C19H18F3NOS/c20-19(21,22)14-5-7-15(8-6-14)25-18-4-2-1-3-17(18)16-9-10-23-11-13(16)12-24/h1-8,12-13,16,23H,9-11H2. The lowest BCUT2D eigenvalue weighted by molar-refractivity contribution is -0.137. The zero-order valence-corrected chi connectivity index (χ0v) is 14.2. The van der Waals surface area contributed by atoms with Gasteiger partial charge in [-0.3, -0.25) is 0 Å². The first-order valence-corrected chi connectivity index (χ1v) is 8.91. The third kappa shape index (κ3) is 4.25. The Kier molecular flexibility index (Phi) is 5.49. The predicted molar refractivity (Wildman–Crippen MR) is 91.8 cm³/mol. The summed E-state index contributed by atoms with van der Waals surface area (Å²) < 4.78 is 38.1. The van der Waals surface area contributed by atoms with Crippen LogP contribution in [-0.2, 0) is 11.0 Å². The molecule has 1 fully saturated rings. The molecule has 1 heterocycles. The van der Waals surface area contributed by atoms with Crippen LogP contribution < -0.4 is 5.32 Å². The van der Waals surface area contributed by atoms with E-state index in [-0.39, 0.29) is 11.8 Å². The molecule has 2 unspecified atom stereocenters. The highest BCUT2D eigenvalue weighted by atomic mass is 32.2. The first-order chi connectivity index (χ1) is 12.0. The van der Waals surface area contributed by atoms with E-state index in [2.05, 4.69) is 5.32 Å². The van der Waals surface area contributed by atoms with Crippen LogP contribution in [0.2, 0.25) is 0 Å². The van der Waals surface area contributed by atoms with Crippen LogP contribution >= 0.6 is 11.8 Å². The van der Waals surface area contributed by atoms with E-state index in [9.17, 15) is 18.0 Å². The summed E-state index contributed by atoms with van der Waals surface area (Å²) in [6.45, 7) is 1.52. The summed E-state index contributed by atoms with van der Waals surface area (Å²) in [5.74, 6) is 0.0556. The van der Waals surface area contributed by atoms with Gasteiger partial charge in [-0.25, -0.2) is 0 Å². The molecule has 1 aliphatic heterocycles. The molecule has 0 aliphatic carbocycles. The van der Waals surface area contributed by atoms with Crippen molar-refractivity contribution in [3.63, 3.8) is 0 Å². The molecule has 1 saturated heterocycles. The molecule has 0 radical (unpaired) electrons. The Labute approximate surface area is 148 Å². The van der Waals surface area contributed by atoms with Gasteiger partial charge in [0.05, 0.1) is 5.56 Å². The fraction of sp³-hybridized carbons (Fsp3) is 0.316. The number of alkyl halides is 3. The Morgan fingerprint density at radius 2 is 1.80 bits per heavy atom. The van der Waals surface area contributed by atoms with Crippen molar-refractivity contribution in [3.05, 3.63) is 59.7 Å². The van der Waals surface area contributed by atoms with Crippen LogP contribution in [-0.4, -0.2) is 19.4 Å². The molecular formula is C19H18F3NOS. The minimum Gasteiger partial charge on any atom is -0.316 e. The fourth-order valence-corrected chi connectivity index (χ4v) is 4.14. The molecule has 0 saturated carbocycles. The molecule has 0 bridgehead atoms. The molecule has 1 N–H and O–H groups in total. The molecule has 1 aliphatic rings. The van der Waals surface area contributed by atoms with Crippen LogP contribution in [0.4, 0.5) is 13.2 Å². The lowest BCUT2D eigenvalue weighted by Crippen LogP contribution is -2.36. The maximum Gasteiger partial charge on any atom is 0.416 e. The Morgan fingerprint density at radius 3 is 2.48 bits per heavy atom. The summed E-state index contributed by atoms with van der Waals surface area (Å²) in [5.41, 5.74) is 0.440. The highest BCUT2D eigenvalue weighted by molar-refractivity contribution is 7.99. The lowest BCUT2D eigenvalue weighted by Gasteiger charge is -2.30. The Hall–Kier alpha value is -1.79. The lowest BCUT2D eigenvalue weighted by atomic mass is 9.82. The van der Waals surface area contributed by atoms with Gasteiger partial charge in [0.2, 0.25) is 0 Å². The third-order valence-corrected chi connectivity index (χ3v) is 5.53. The van der Waals surface area contributed by atoms with Crippen LogP contribution in [0.5, 0.6) is 0 Å². The summed E-state index contributed by atoms with van der Waals surface area (Å²) in [7, 11) is 0. The second-order valence-corrected chi connectivity index (χ2v) is 7.18. The predicted octanol–water partition coefficient (Wildman–Crippen LogP) is 4.75. The van der Waals surface area contributed by atoms with Crippen LogP contribution in [0.3, 0.4) is 0 Å². The number of benzene rings is 2. The number of carbonyl (C=O) groups excluding carboxylic acids is 1. The highest BCUT2D eigenvalue weighted by Gasteiger charge is 2.30. The van der Waals surface area contributed by atoms with E-state index in [0.29, 0.717) is 6.54 Å². The van der Waals surface area contributed by atoms with Gasteiger partial charge >= 0.3 is 6.18 Å². The molecule has 25 heavy (non-hydrogen) atoms. The van der Waals surface area contributed by atoms with Gasteiger partial charge in [-0.1, -0.05) is 30.0 Å². The second kappa shape index (κ2) is 7.62. The zero-order chi connectivity index (χ0) is 17.9. The quantitative estimate of drug-likeness (QED) is 0.793. The van der Waals surface area contributed by atoms with Crippen molar-refractivity contribution in [2.24, 2.45) is 5.92 Å². The summed E-state index contributed by atoms with van der Waals surface area (Å²) >= 11 is 1.44. The molecule has 0 amide bonds. The van der Waals surface area contributed by atoms with Crippen molar-refractivity contribution in [2.45, 2.75) is 28.3 Å². The zero-order valence-electron chi connectivity index (χ0n) is 13.4. The monoisotopic (exact) mass is 365 g/mol. The van der Waals surface area contributed by atoms with Crippen molar-refractivity contribution in [1.82, 2.24) is 5.32 Å². The van der Waals surface area contributed by atoms with E-state index in [1.54, 1.807) is 0 Å². The van der Waals surface area contributed by atoms with E-state index in [4.69, 9.17) is 0 Å². The van der Waals surface area contributed by atoms with Crippen molar-refractivity contribution in [3.8, 4) is 0 Å². The van der Waals surface area contributed by atoms with Crippen LogP contribution in [0.25, 0.3) is 0 Å². The van der Waals surface area contributed by atoms with Gasteiger partial charge in [0, 0.05) is 22.3 Å². The van der Waals surface area contributed by atoms with Gasteiger partial charge in [-0.2, -0.15) is 13.2 Å². The van der Waals surface area contributed by atoms with Crippen molar-refractivity contribution < 1.29 is 18.0 Å². The molecule has 0 aromatic heterocycles. The van der Waals surface area contributed by atoms with E-state index in [1.165, 1.54) is 23.9 Å². The van der Waals surface area contributed by atoms with Crippen LogP contribution in [0.1, 0.15) is 23.5 Å². The highest BCUT2D eigenvalue weighted by Crippen LogP contribution is 2.39. The number of carbonyl (C=O) groups is 1. The molecule has 2 atom stereocenters. The van der Waals surface area contributed by atoms with Crippen LogP contribution in [0, 0.1) is 5.92 Å². The smallest absolute Gasteiger partial charge is 0.316 e. The van der Waals surface area contributed by atoms with E-state index in [1.807, 2.05) is 24.3 Å². The van der Waals surface area contributed by atoms with Gasteiger partial charge < -0.3 is 10.1 Å². The average molecular weight is 365 g/mol. The SMILES string of the molecule is O=CC1CNCCC1c1ccccc1Sc1ccc(C(F)(F)F)cc1. The number of nitrogens with one attached hydrogen (secondary N) is 1. The van der Waals surface area contributed by atoms with Crippen molar-refractivity contribution in [1.29, 1.82) is 0 Å².